The molecular formula is C18H24N6O2. The number of pyridine rings is 1. The van der Waals surface area contributed by atoms with Crippen LogP contribution in [0.1, 0.15) is 59.7 Å². The predicted molar refractivity (Wildman–Crippen MR) is 96.1 cm³/mol. The third-order valence-corrected chi connectivity index (χ3v) is 4.89. The normalized spacial score (nSPS) is 22.4. The fraction of sp³-hybridized carbons (Fsp3) is 0.556. The molecule has 2 aromatic rings. The van der Waals surface area contributed by atoms with Crippen LogP contribution in [0.4, 0.5) is 5.69 Å². The molecule has 4 rings (SSSR count). The van der Waals surface area contributed by atoms with E-state index in [1.54, 1.807) is 12.4 Å². The molecule has 138 valence electrons. The van der Waals surface area contributed by atoms with Gasteiger partial charge in [0.05, 0.1) is 17.4 Å². The number of ether oxygens (including phenoxy) is 1. The molecule has 1 amide bonds. The molecule has 2 fully saturated rings. The fourth-order valence-corrected chi connectivity index (χ4v) is 3.27. The highest BCUT2D eigenvalue weighted by molar-refractivity contribution is 5.99. The quantitative estimate of drug-likeness (QED) is 0.819. The number of nitrogens with zero attached hydrogens (tertiary/aromatic N) is 4. The van der Waals surface area contributed by atoms with Crippen LogP contribution in [0.5, 0.6) is 0 Å². The maximum Gasteiger partial charge on any atom is 0.255 e. The van der Waals surface area contributed by atoms with Crippen molar-refractivity contribution in [1.29, 1.82) is 0 Å². The minimum absolute atomic E-state index is 0.0158. The van der Waals surface area contributed by atoms with Crippen LogP contribution < -0.4 is 10.2 Å². The number of aromatic nitrogens is 4. The Morgan fingerprint density at radius 3 is 2.96 bits per heavy atom. The summed E-state index contributed by atoms with van der Waals surface area (Å²) in [4.78, 5) is 23.0. The Morgan fingerprint density at radius 1 is 1.35 bits per heavy atom. The van der Waals surface area contributed by atoms with Crippen LogP contribution in [0.2, 0.25) is 0 Å². The molecule has 1 saturated carbocycles. The van der Waals surface area contributed by atoms with E-state index >= 15 is 0 Å². The first-order chi connectivity index (χ1) is 12.6. The SMILES string of the molecule is CN(C)c1ccncc1C(=O)NC[C@@H]1CC[C@H](c2nc(C3CC3)n[nH]2)O1. The zero-order chi connectivity index (χ0) is 18.1. The molecule has 1 aliphatic heterocycles. The van der Waals surface area contributed by atoms with Gasteiger partial charge in [0.25, 0.3) is 5.91 Å². The van der Waals surface area contributed by atoms with Gasteiger partial charge in [-0.3, -0.25) is 14.9 Å². The molecule has 0 radical (unpaired) electrons. The van der Waals surface area contributed by atoms with Crippen molar-refractivity contribution >= 4 is 11.6 Å². The van der Waals surface area contributed by atoms with E-state index in [-0.39, 0.29) is 18.1 Å². The monoisotopic (exact) mass is 356 g/mol. The summed E-state index contributed by atoms with van der Waals surface area (Å²) in [7, 11) is 3.81. The van der Waals surface area contributed by atoms with Crippen molar-refractivity contribution in [2.45, 2.75) is 43.8 Å². The summed E-state index contributed by atoms with van der Waals surface area (Å²) in [6.45, 7) is 0.473. The van der Waals surface area contributed by atoms with Gasteiger partial charge in [0.1, 0.15) is 6.10 Å². The first kappa shape index (κ1) is 17.0. The first-order valence-corrected chi connectivity index (χ1v) is 9.09. The maximum absolute atomic E-state index is 12.5. The summed E-state index contributed by atoms with van der Waals surface area (Å²) in [6.07, 6.45) is 7.33. The van der Waals surface area contributed by atoms with Crippen molar-refractivity contribution in [2.24, 2.45) is 0 Å². The van der Waals surface area contributed by atoms with Crippen LogP contribution >= 0.6 is 0 Å². The molecule has 0 aromatic carbocycles. The molecule has 0 bridgehead atoms. The van der Waals surface area contributed by atoms with Gasteiger partial charge in [0.15, 0.2) is 11.6 Å². The third-order valence-electron chi connectivity index (χ3n) is 4.89. The molecule has 2 aliphatic rings. The van der Waals surface area contributed by atoms with Gasteiger partial charge in [-0.05, 0) is 31.7 Å². The topological polar surface area (TPSA) is 96.0 Å². The zero-order valence-electron chi connectivity index (χ0n) is 15.1. The number of rotatable bonds is 6. The molecule has 0 unspecified atom stereocenters. The van der Waals surface area contributed by atoms with Crippen molar-refractivity contribution < 1.29 is 9.53 Å². The Morgan fingerprint density at radius 2 is 2.19 bits per heavy atom. The Bertz CT molecular complexity index is 785. The average molecular weight is 356 g/mol. The number of aromatic amines is 1. The summed E-state index contributed by atoms with van der Waals surface area (Å²) in [5.41, 5.74) is 1.41. The number of H-pyrrole nitrogens is 1. The zero-order valence-corrected chi connectivity index (χ0v) is 15.1. The summed E-state index contributed by atoms with van der Waals surface area (Å²) in [5, 5.41) is 10.3. The molecule has 0 spiro atoms. The van der Waals surface area contributed by atoms with Crippen LogP contribution in [0, 0.1) is 0 Å². The van der Waals surface area contributed by atoms with Gasteiger partial charge in [0.2, 0.25) is 0 Å². The Kier molecular flexibility index (Phi) is 4.58. The van der Waals surface area contributed by atoms with Crippen molar-refractivity contribution in [1.82, 2.24) is 25.5 Å². The number of anilines is 1. The molecule has 1 aliphatic carbocycles. The van der Waals surface area contributed by atoms with Gasteiger partial charge < -0.3 is 15.0 Å². The van der Waals surface area contributed by atoms with E-state index in [4.69, 9.17) is 4.74 Å². The summed E-state index contributed by atoms with van der Waals surface area (Å²) >= 11 is 0. The lowest BCUT2D eigenvalue weighted by molar-refractivity contribution is 0.0392. The van der Waals surface area contributed by atoms with Crippen LogP contribution in [0.25, 0.3) is 0 Å². The molecule has 3 heterocycles. The van der Waals surface area contributed by atoms with Crippen molar-refractivity contribution in [3.05, 3.63) is 35.7 Å². The molecule has 2 aromatic heterocycles. The second kappa shape index (κ2) is 7.03. The lowest BCUT2D eigenvalue weighted by atomic mass is 10.1. The highest BCUT2D eigenvalue weighted by Crippen LogP contribution is 2.39. The summed E-state index contributed by atoms with van der Waals surface area (Å²) < 4.78 is 6.05. The standard InChI is InChI=1S/C18H24N6O2/c1-24(2)14-7-8-19-10-13(14)18(25)20-9-12-5-6-15(26-12)17-21-16(22-23-17)11-3-4-11/h7-8,10-12,15H,3-6,9H2,1-2H3,(H,20,25)(H,21,22,23)/t12-,15+/m0/s1. The van der Waals surface area contributed by atoms with Crippen LogP contribution in [-0.4, -0.2) is 52.8 Å². The summed E-state index contributed by atoms with van der Waals surface area (Å²) in [5.74, 6) is 2.11. The second-order valence-corrected chi connectivity index (χ2v) is 7.17. The average Bonchev–Trinajstić information content (AvgIpc) is 3.19. The molecule has 1 saturated heterocycles. The van der Waals surface area contributed by atoms with E-state index in [1.807, 2.05) is 25.1 Å². The Hall–Kier alpha value is -2.48. The lowest BCUT2D eigenvalue weighted by Gasteiger charge is -2.17. The van der Waals surface area contributed by atoms with E-state index in [0.29, 0.717) is 18.0 Å². The van der Waals surface area contributed by atoms with Crippen LogP contribution in [0.3, 0.4) is 0 Å². The number of carbonyl (C=O) groups is 1. The molecule has 8 nitrogen and oxygen atoms in total. The fourth-order valence-electron chi connectivity index (χ4n) is 3.27. The van der Waals surface area contributed by atoms with Gasteiger partial charge in [-0.2, -0.15) is 5.10 Å². The van der Waals surface area contributed by atoms with Gasteiger partial charge in [-0.1, -0.05) is 0 Å². The van der Waals surface area contributed by atoms with E-state index in [0.717, 1.165) is 30.2 Å². The Balaban J connectivity index is 1.32. The second-order valence-electron chi connectivity index (χ2n) is 7.17. The maximum atomic E-state index is 12.5. The molecule has 2 atom stereocenters. The van der Waals surface area contributed by atoms with E-state index in [2.05, 4.69) is 25.5 Å². The molecule has 8 heteroatoms. The predicted octanol–water partition coefficient (Wildman–Crippen LogP) is 1.79. The largest absolute Gasteiger partial charge is 0.377 e. The van der Waals surface area contributed by atoms with Gasteiger partial charge in [-0.15, -0.1) is 0 Å². The van der Waals surface area contributed by atoms with E-state index in [1.165, 1.54) is 12.8 Å². The number of amides is 1. The van der Waals surface area contributed by atoms with Gasteiger partial charge >= 0.3 is 0 Å². The molecule has 26 heavy (non-hydrogen) atoms. The third kappa shape index (κ3) is 3.55. The number of nitrogens with one attached hydrogen (secondary N) is 2. The minimum Gasteiger partial charge on any atom is -0.377 e. The first-order valence-electron chi connectivity index (χ1n) is 9.09. The number of carbonyl (C=O) groups excluding carboxylic acids is 1. The van der Waals surface area contributed by atoms with Crippen LogP contribution in [-0.2, 0) is 4.74 Å². The summed E-state index contributed by atoms with van der Waals surface area (Å²) in [6, 6.07) is 1.83. The van der Waals surface area contributed by atoms with Crippen molar-refractivity contribution in [2.75, 3.05) is 25.5 Å². The molecular weight excluding hydrogens is 332 g/mol. The minimum atomic E-state index is -0.135. The van der Waals surface area contributed by atoms with E-state index in [9.17, 15) is 4.79 Å². The smallest absolute Gasteiger partial charge is 0.255 e. The van der Waals surface area contributed by atoms with Gasteiger partial charge in [-0.25, -0.2) is 4.98 Å². The van der Waals surface area contributed by atoms with Crippen molar-refractivity contribution in [3.8, 4) is 0 Å². The molecule has 2 N–H and O–H groups in total. The Labute approximate surface area is 152 Å². The lowest BCUT2D eigenvalue weighted by Crippen LogP contribution is -2.33. The van der Waals surface area contributed by atoms with E-state index < -0.39 is 0 Å². The van der Waals surface area contributed by atoms with Gasteiger partial charge in [0, 0.05) is 39.0 Å². The van der Waals surface area contributed by atoms with Crippen LogP contribution in [0.15, 0.2) is 18.5 Å². The highest BCUT2D eigenvalue weighted by atomic mass is 16.5. The highest BCUT2D eigenvalue weighted by Gasteiger charge is 2.32. The number of hydrogen-bond acceptors (Lipinski definition) is 6. The number of hydrogen-bond donors (Lipinski definition) is 2. The van der Waals surface area contributed by atoms with Crippen molar-refractivity contribution in [3.63, 3.8) is 0 Å².